The molecule has 0 heterocycles. The molecule has 1 rings (SSSR count). The first kappa shape index (κ1) is 22.0. The van der Waals surface area contributed by atoms with Crippen molar-refractivity contribution in [3.63, 3.8) is 0 Å². The molecule has 144 valence electrons. The second kappa shape index (κ2) is 10.9. The van der Waals surface area contributed by atoms with Crippen LogP contribution < -0.4 is 4.74 Å². The second-order valence-electron chi connectivity index (χ2n) is 7.85. The third-order valence-electron chi connectivity index (χ3n) is 5.98. The van der Waals surface area contributed by atoms with Crippen LogP contribution in [0.2, 0.25) is 0 Å². The van der Waals surface area contributed by atoms with Crippen molar-refractivity contribution >= 4 is 0 Å². The van der Waals surface area contributed by atoms with E-state index in [1.54, 1.807) is 7.11 Å². The molecule has 0 bridgehead atoms. The Labute approximate surface area is 156 Å². The van der Waals surface area contributed by atoms with Gasteiger partial charge in [-0.1, -0.05) is 72.9 Å². The first-order valence-corrected chi connectivity index (χ1v) is 10.2. The molecule has 1 aromatic carbocycles. The molecule has 25 heavy (non-hydrogen) atoms. The van der Waals surface area contributed by atoms with Gasteiger partial charge in [-0.15, -0.1) is 0 Å². The van der Waals surface area contributed by atoms with E-state index >= 15 is 0 Å². The number of methoxy groups -OCH3 is 1. The normalized spacial score (nSPS) is 14.6. The van der Waals surface area contributed by atoms with Crippen LogP contribution in [0.15, 0.2) is 24.3 Å². The van der Waals surface area contributed by atoms with E-state index in [0.29, 0.717) is 11.3 Å². The topological polar surface area (TPSA) is 18.5 Å². The molecule has 2 unspecified atom stereocenters. The summed E-state index contributed by atoms with van der Waals surface area (Å²) in [5.74, 6) is 2.27. The maximum atomic E-state index is 6.15. The monoisotopic (exact) mass is 348 g/mol. The van der Waals surface area contributed by atoms with Gasteiger partial charge in [-0.05, 0) is 47.8 Å². The van der Waals surface area contributed by atoms with Gasteiger partial charge in [-0.25, -0.2) is 0 Å². The van der Waals surface area contributed by atoms with E-state index in [0.717, 1.165) is 37.4 Å². The van der Waals surface area contributed by atoms with Crippen molar-refractivity contribution in [2.24, 2.45) is 11.3 Å². The summed E-state index contributed by atoms with van der Waals surface area (Å²) in [4.78, 5) is 0. The van der Waals surface area contributed by atoms with Crippen LogP contribution in [0.4, 0.5) is 0 Å². The maximum Gasteiger partial charge on any atom is 0.200 e. The average Bonchev–Trinajstić information content (AvgIpc) is 2.64. The van der Waals surface area contributed by atoms with Gasteiger partial charge < -0.3 is 9.47 Å². The Morgan fingerprint density at radius 1 is 0.920 bits per heavy atom. The van der Waals surface area contributed by atoms with E-state index < -0.39 is 0 Å². The molecule has 0 aliphatic carbocycles. The van der Waals surface area contributed by atoms with Crippen LogP contribution in [0.25, 0.3) is 0 Å². The smallest absolute Gasteiger partial charge is 0.200 e. The molecule has 0 radical (unpaired) electrons. The van der Waals surface area contributed by atoms with Gasteiger partial charge in [0.25, 0.3) is 0 Å². The molecule has 0 aliphatic heterocycles. The van der Waals surface area contributed by atoms with E-state index in [1.807, 2.05) is 0 Å². The minimum atomic E-state index is -0.177. The van der Waals surface area contributed by atoms with Gasteiger partial charge in [0.15, 0.2) is 6.29 Å². The Balaban J connectivity index is 2.77. The molecule has 2 heteroatoms. The van der Waals surface area contributed by atoms with Gasteiger partial charge in [0, 0.05) is 13.5 Å². The number of rotatable bonds is 12. The number of hydrogen-bond acceptors (Lipinski definition) is 2. The fourth-order valence-electron chi connectivity index (χ4n) is 3.79. The minimum absolute atomic E-state index is 0.177. The van der Waals surface area contributed by atoms with E-state index in [1.165, 1.54) is 18.4 Å². The molecule has 0 fully saturated rings. The fraction of sp³-hybridized carbons (Fsp3) is 0.739. The molecule has 0 aliphatic rings. The summed E-state index contributed by atoms with van der Waals surface area (Å²) in [6, 6.07) is 8.67. The molecule has 0 saturated carbocycles. The largest absolute Gasteiger partial charge is 0.465 e. The zero-order valence-electron chi connectivity index (χ0n) is 17.6. The van der Waals surface area contributed by atoms with Crippen LogP contribution in [0.3, 0.4) is 0 Å². The summed E-state index contributed by atoms with van der Waals surface area (Å²) in [7, 11) is 1.75. The molecule has 0 aromatic heterocycles. The van der Waals surface area contributed by atoms with Crippen molar-refractivity contribution in [2.45, 2.75) is 92.3 Å². The molecule has 0 N–H and O–H groups in total. The van der Waals surface area contributed by atoms with Crippen molar-refractivity contribution in [1.82, 2.24) is 0 Å². The molecule has 2 atom stereocenters. The molecule has 1 aromatic rings. The summed E-state index contributed by atoms with van der Waals surface area (Å²) in [6.45, 7) is 13.7. The van der Waals surface area contributed by atoms with Crippen molar-refractivity contribution in [3.05, 3.63) is 29.8 Å². The predicted octanol–water partition coefficient (Wildman–Crippen LogP) is 7.18. The van der Waals surface area contributed by atoms with E-state index in [-0.39, 0.29) is 6.29 Å². The highest BCUT2D eigenvalue weighted by Crippen LogP contribution is 2.37. The summed E-state index contributed by atoms with van der Waals surface area (Å²) in [5.41, 5.74) is 1.73. The second-order valence-corrected chi connectivity index (χ2v) is 7.85. The van der Waals surface area contributed by atoms with Crippen molar-refractivity contribution in [2.75, 3.05) is 7.11 Å². The average molecular weight is 349 g/mol. The van der Waals surface area contributed by atoms with Crippen molar-refractivity contribution < 1.29 is 9.47 Å². The molecule has 0 spiro atoms. The lowest BCUT2D eigenvalue weighted by molar-refractivity contribution is -0.0848. The molecule has 0 amide bonds. The maximum absolute atomic E-state index is 6.15. The van der Waals surface area contributed by atoms with Gasteiger partial charge in [0.2, 0.25) is 0 Å². The Morgan fingerprint density at radius 3 is 1.88 bits per heavy atom. The molecule has 0 saturated heterocycles. The zero-order chi connectivity index (χ0) is 18.9. The van der Waals surface area contributed by atoms with Crippen LogP contribution in [0.1, 0.15) is 91.5 Å². The zero-order valence-corrected chi connectivity index (χ0v) is 17.6. The minimum Gasteiger partial charge on any atom is -0.465 e. The Morgan fingerprint density at radius 2 is 1.48 bits per heavy atom. The Hall–Kier alpha value is -1.02. The predicted molar refractivity (Wildman–Crippen MR) is 108 cm³/mol. The van der Waals surface area contributed by atoms with Gasteiger partial charge in [0.05, 0.1) is 0 Å². The number of benzene rings is 1. The lowest BCUT2D eigenvalue weighted by Gasteiger charge is -2.33. The van der Waals surface area contributed by atoms with Crippen LogP contribution in [-0.4, -0.2) is 13.4 Å². The standard InChI is InChI=1S/C23H40O2/c1-8-19(16-18(5)6)20-12-14-21(15-13-20)25-22(24-7)17-23(9-2,10-3)11-4/h12-15,18-19,22H,8-11,16-17H2,1-7H3. The SMILES string of the molecule is CCC(CC(C)C)c1ccc(OC(CC(CC)(CC)CC)OC)cc1. The summed E-state index contributed by atoms with van der Waals surface area (Å²) in [6.07, 6.45) is 6.68. The third kappa shape index (κ3) is 6.66. The quantitative estimate of drug-likeness (QED) is 0.372. The highest BCUT2D eigenvalue weighted by atomic mass is 16.7. The van der Waals surface area contributed by atoms with E-state index in [9.17, 15) is 0 Å². The van der Waals surface area contributed by atoms with Crippen LogP contribution in [0, 0.1) is 11.3 Å². The summed E-state index contributed by atoms with van der Waals surface area (Å²) >= 11 is 0. The molecule has 2 nitrogen and oxygen atoms in total. The van der Waals surface area contributed by atoms with Crippen molar-refractivity contribution in [3.8, 4) is 5.75 Å². The van der Waals surface area contributed by atoms with Gasteiger partial charge >= 0.3 is 0 Å². The highest BCUT2D eigenvalue weighted by molar-refractivity contribution is 5.29. The highest BCUT2D eigenvalue weighted by Gasteiger charge is 2.29. The Kier molecular flexibility index (Phi) is 9.56. The lowest BCUT2D eigenvalue weighted by atomic mass is 9.77. The van der Waals surface area contributed by atoms with Crippen molar-refractivity contribution in [1.29, 1.82) is 0 Å². The third-order valence-corrected chi connectivity index (χ3v) is 5.98. The number of ether oxygens (including phenoxy) is 2. The lowest BCUT2D eigenvalue weighted by Crippen LogP contribution is -2.30. The van der Waals surface area contributed by atoms with Gasteiger partial charge in [-0.2, -0.15) is 0 Å². The Bertz CT molecular complexity index is 451. The van der Waals surface area contributed by atoms with E-state index in [2.05, 4.69) is 65.8 Å². The van der Waals surface area contributed by atoms with Gasteiger partial charge in [-0.3, -0.25) is 0 Å². The summed E-state index contributed by atoms with van der Waals surface area (Å²) in [5, 5.41) is 0. The van der Waals surface area contributed by atoms with Crippen LogP contribution >= 0.6 is 0 Å². The fourth-order valence-corrected chi connectivity index (χ4v) is 3.79. The van der Waals surface area contributed by atoms with E-state index in [4.69, 9.17) is 9.47 Å². The van der Waals surface area contributed by atoms with Crippen LogP contribution in [-0.2, 0) is 4.74 Å². The van der Waals surface area contributed by atoms with Gasteiger partial charge in [0.1, 0.15) is 5.75 Å². The summed E-state index contributed by atoms with van der Waals surface area (Å²) < 4.78 is 11.8. The molecular formula is C23H40O2. The number of hydrogen-bond donors (Lipinski definition) is 0. The first-order valence-electron chi connectivity index (χ1n) is 10.2. The van der Waals surface area contributed by atoms with Crippen LogP contribution in [0.5, 0.6) is 5.75 Å². The first-order chi connectivity index (χ1) is 11.9. The molecular weight excluding hydrogens is 308 g/mol.